The highest BCUT2D eigenvalue weighted by Crippen LogP contribution is 2.23. The van der Waals surface area contributed by atoms with Crippen LogP contribution in [0.25, 0.3) is 0 Å². The quantitative estimate of drug-likeness (QED) is 0.755. The number of hydrogen-bond acceptors (Lipinski definition) is 3. The average molecular weight is 268 g/mol. The Morgan fingerprint density at radius 2 is 2.21 bits per heavy atom. The largest absolute Gasteiger partial charge is 0.383 e. The standard InChI is InChI=1S/C14H24N2O3/c1-11-4-3-5-16(9-11)14(18)12-8-13(17)15(10-12)6-7-19-2/h11-12H,3-10H2,1-2H3/t11-,12-/m1/s1. The molecule has 0 unspecified atom stereocenters. The summed E-state index contributed by atoms with van der Waals surface area (Å²) in [5.74, 6) is 0.689. The monoisotopic (exact) mass is 268 g/mol. The van der Waals surface area contributed by atoms with E-state index in [0.717, 1.165) is 19.5 Å². The molecule has 19 heavy (non-hydrogen) atoms. The highest BCUT2D eigenvalue weighted by atomic mass is 16.5. The Hall–Kier alpha value is -1.10. The molecule has 5 heteroatoms. The van der Waals surface area contributed by atoms with E-state index >= 15 is 0 Å². The number of carbonyl (C=O) groups excluding carboxylic acids is 2. The molecule has 0 radical (unpaired) electrons. The number of amides is 2. The summed E-state index contributed by atoms with van der Waals surface area (Å²) >= 11 is 0. The van der Waals surface area contributed by atoms with Gasteiger partial charge in [0.1, 0.15) is 0 Å². The van der Waals surface area contributed by atoms with Crippen molar-refractivity contribution in [3.05, 3.63) is 0 Å². The Balaban J connectivity index is 1.88. The zero-order valence-corrected chi connectivity index (χ0v) is 11.9. The van der Waals surface area contributed by atoms with Gasteiger partial charge in [0.15, 0.2) is 0 Å². The SMILES string of the molecule is COCCN1C[C@H](C(=O)N2CCC[C@@H](C)C2)CC1=O. The number of methoxy groups -OCH3 is 1. The van der Waals surface area contributed by atoms with Gasteiger partial charge in [-0.1, -0.05) is 6.92 Å². The molecule has 0 bridgehead atoms. The van der Waals surface area contributed by atoms with Crippen molar-refractivity contribution in [1.29, 1.82) is 0 Å². The lowest BCUT2D eigenvalue weighted by Crippen LogP contribution is -2.43. The predicted molar refractivity (Wildman–Crippen MR) is 71.5 cm³/mol. The van der Waals surface area contributed by atoms with E-state index in [1.807, 2.05) is 4.90 Å². The molecule has 0 saturated carbocycles. The van der Waals surface area contributed by atoms with Gasteiger partial charge in [-0.3, -0.25) is 9.59 Å². The van der Waals surface area contributed by atoms with E-state index in [9.17, 15) is 9.59 Å². The molecule has 5 nitrogen and oxygen atoms in total. The molecule has 2 heterocycles. The number of rotatable bonds is 4. The van der Waals surface area contributed by atoms with Crippen LogP contribution in [0, 0.1) is 11.8 Å². The van der Waals surface area contributed by atoms with E-state index in [1.54, 1.807) is 12.0 Å². The first kappa shape index (κ1) is 14.3. The van der Waals surface area contributed by atoms with Crippen LogP contribution in [0.15, 0.2) is 0 Å². The highest BCUT2D eigenvalue weighted by Gasteiger charge is 2.36. The molecule has 0 aromatic rings. The van der Waals surface area contributed by atoms with Gasteiger partial charge in [0.2, 0.25) is 11.8 Å². The summed E-state index contributed by atoms with van der Waals surface area (Å²) in [4.78, 5) is 28.0. The first-order valence-corrected chi connectivity index (χ1v) is 7.17. The summed E-state index contributed by atoms with van der Waals surface area (Å²) < 4.78 is 4.99. The van der Waals surface area contributed by atoms with Gasteiger partial charge >= 0.3 is 0 Å². The minimum absolute atomic E-state index is 0.0838. The van der Waals surface area contributed by atoms with Crippen molar-refractivity contribution >= 4 is 11.8 Å². The van der Waals surface area contributed by atoms with Crippen LogP contribution in [0.2, 0.25) is 0 Å². The number of ether oxygens (including phenoxy) is 1. The zero-order chi connectivity index (χ0) is 13.8. The van der Waals surface area contributed by atoms with Crippen LogP contribution in [-0.4, -0.2) is 61.5 Å². The van der Waals surface area contributed by atoms with Crippen LogP contribution >= 0.6 is 0 Å². The summed E-state index contributed by atoms with van der Waals surface area (Å²) in [6.45, 7) is 5.58. The summed E-state index contributed by atoms with van der Waals surface area (Å²) in [5, 5.41) is 0. The zero-order valence-electron chi connectivity index (χ0n) is 11.9. The molecule has 2 aliphatic rings. The van der Waals surface area contributed by atoms with E-state index in [2.05, 4.69) is 6.92 Å². The number of nitrogens with zero attached hydrogens (tertiary/aromatic N) is 2. The molecule has 0 spiro atoms. The molecule has 2 rings (SSSR count). The van der Waals surface area contributed by atoms with E-state index in [4.69, 9.17) is 4.74 Å². The normalized spacial score (nSPS) is 28.0. The first-order valence-electron chi connectivity index (χ1n) is 7.17. The number of hydrogen-bond donors (Lipinski definition) is 0. The lowest BCUT2D eigenvalue weighted by molar-refractivity contribution is -0.137. The second-order valence-electron chi connectivity index (χ2n) is 5.77. The lowest BCUT2D eigenvalue weighted by atomic mass is 9.98. The number of piperidine rings is 1. The maximum atomic E-state index is 12.4. The van der Waals surface area contributed by atoms with Gasteiger partial charge in [0, 0.05) is 39.7 Å². The van der Waals surface area contributed by atoms with Crippen LogP contribution in [-0.2, 0) is 14.3 Å². The molecule has 0 N–H and O–H groups in total. The molecule has 2 saturated heterocycles. The van der Waals surface area contributed by atoms with Gasteiger partial charge in [0.05, 0.1) is 12.5 Å². The molecule has 2 atom stereocenters. The average Bonchev–Trinajstić information content (AvgIpc) is 2.77. The molecule has 108 valence electrons. The summed E-state index contributed by atoms with van der Waals surface area (Å²) in [7, 11) is 1.62. The second kappa shape index (κ2) is 6.37. The fraction of sp³-hybridized carbons (Fsp3) is 0.857. The van der Waals surface area contributed by atoms with Crippen molar-refractivity contribution in [3.63, 3.8) is 0 Å². The Bertz CT molecular complexity index is 346. The summed E-state index contributed by atoms with van der Waals surface area (Å²) in [6, 6.07) is 0. The third-order valence-electron chi connectivity index (χ3n) is 4.10. The fourth-order valence-corrected chi connectivity index (χ4v) is 3.00. The highest BCUT2D eigenvalue weighted by molar-refractivity contribution is 5.89. The van der Waals surface area contributed by atoms with E-state index < -0.39 is 0 Å². The molecular weight excluding hydrogens is 244 g/mol. The van der Waals surface area contributed by atoms with Gasteiger partial charge in [0.25, 0.3) is 0 Å². The minimum atomic E-state index is -0.144. The number of carbonyl (C=O) groups is 2. The van der Waals surface area contributed by atoms with Gasteiger partial charge < -0.3 is 14.5 Å². The molecule has 2 fully saturated rings. The van der Waals surface area contributed by atoms with Crippen LogP contribution in [0.4, 0.5) is 0 Å². The van der Waals surface area contributed by atoms with E-state index in [0.29, 0.717) is 32.0 Å². The third-order valence-corrected chi connectivity index (χ3v) is 4.10. The Kier molecular flexibility index (Phi) is 4.80. The molecule has 0 aromatic heterocycles. The van der Waals surface area contributed by atoms with Crippen molar-refractivity contribution in [2.75, 3.05) is 39.9 Å². The van der Waals surface area contributed by atoms with Crippen molar-refractivity contribution < 1.29 is 14.3 Å². The van der Waals surface area contributed by atoms with Gasteiger partial charge in [-0.25, -0.2) is 0 Å². The molecule has 2 amide bonds. The molecule has 2 aliphatic heterocycles. The first-order chi connectivity index (χ1) is 9.11. The van der Waals surface area contributed by atoms with Crippen molar-refractivity contribution in [2.45, 2.75) is 26.2 Å². The van der Waals surface area contributed by atoms with Crippen molar-refractivity contribution in [1.82, 2.24) is 9.80 Å². The summed E-state index contributed by atoms with van der Waals surface area (Å²) in [5.41, 5.74) is 0. The van der Waals surface area contributed by atoms with Crippen LogP contribution < -0.4 is 0 Å². The minimum Gasteiger partial charge on any atom is -0.383 e. The fourth-order valence-electron chi connectivity index (χ4n) is 3.00. The van der Waals surface area contributed by atoms with Gasteiger partial charge in [-0.05, 0) is 18.8 Å². The van der Waals surface area contributed by atoms with Crippen LogP contribution in [0.5, 0.6) is 0 Å². The summed E-state index contributed by atoms with van der Waals surface area (Å²) in [6.07, 6.45) is 2.65. The predicted octanol–water partition coefficient (Wildman–Crippen LogP) is 0.740. The Labute approximate surface area is 114 Å². The smallest absolute Gasteiger partial charge is 0.228 e. The number of likely N-dealkylation sites (tertiary alicyclic amines) is 2. The third kappa shape index (κ3) is 3.47. The van der Waals surface area contributed by atoms with E-state index in [-0.39, 0.29) is 17.7 Å². The van der Waals surface area contributed by atoms with Crippen LogP contribution in [0.3, 0.4) is 0 Å². The van der Waals surface area contributed by atoms with Crippen LogP contribution in [0.1, 0.15) is 26.2 Å². The van der Waals surface area contributed by atoms with Crippen molar-refractivity contribution in [2.24, 2.45) is 11.8 Å². The Morgan fingerprint density at radius 3 is 2.89 bits per heavy atom. The lowest BCUT2D eigenvalue weighted by Gasteiger charge is -2.32. The molecule has 0 aromatic carbocycles. The Morgan fingerprint density at radius 1 is 1.42 bits per heavy atom. The molecule has 0 aliphatic carbocycles. The van der Waals surface area contributed by atoms with Gasteiger partial charge in [-0.15, -0.1) is 0 Å². The van der Waals surface area contributed by atoms with Gasteiger partial charge in [-0.2, -0.15) is 0 Å². The topological polar surface area (TPSA) is 49.9 Å². The van der Waals surface area contributed by atoms with Crippen molar-refractivity contribution in [3.8, 4) is 0 Å². The maximum Gasteiger partial charge on any atom is 0.228 e. The second-order valence-corrected chi connectivity index (χ2v) is 5.77. The van der Waals surface area contributed by atoms with E-state index in [1.165, 1.54) is 6.42 Å². The maximum absolute atomic E-state index is 12.4. The molecular formula is C14H24N2O3.